The summed E-state index contributed by atoms with van der Waals surface area (Å²) in [6, 6.07) is 5.48. The smallest absolute Gasteiger partial charge is 0.326 e. The molecule has 25 heavy (non-hydrogen) atoms. The number of furan rings is 1. The van der Waals surface area contributed by atoms with E-state index in [1.54, 1.807) is 18.2 Å². The quantitative estimate of drug-likeness (QED) is 0.697. The van der Waals surface area contributed by atoms with Crippen molar-refractivity contribution in [1.82, 2.24) is 10.6 Å². The summed E-state index contributed by atoms with van der Waals surface area (Å²) in [4.78, 5) is 35.1. The Morgan fingerprint density at radius 3 is 2.60 bits per heavy atom. The van der Waals surface area contributed by atoms with E-state index in [4.69, 9.17) is 21.1 Å². The molecule has 0 saturated carbocycles. The summed E-state index contributed by atoms with van der Waals surface area (Å²) in [6.45, 7) is 3.37. The third-order valence-corrected chi connectivity index (χ3v) is 3.69. The largest absolute Gasteiger partial charge is 0.480 e. The third kappa shape index (κ3) is 5.22. The van der Waals surface area contributed by atoms with Gasteiger partial charge >= 0.3 is 5.97 Å². The van der Waals surface area contributed by atoms with Crippen LogP contribution >= 0.6 is 11.6 Å². The maximum absolute atomic E-state index is 12.1. The van der Waals surface area contributed by atoms with Gasteiger partial charge in [0, 0.05) is 10.4 Å². The van der Waals surface area contributed by atoms with Crippen LogP contribution in [-0.2, 0) is 9.59 Å². The molecule has 1 heterocycles. The highest BCUT2D eigenvalue weighted by Crippen LogP contribution is 2.22. The number of aliphatic carboxylic acids is 1. The van der Waals surface area contributed by atoms with Gasteiger partial charge in [0.05, 0.1) is 6.54 Å². The topological polar surface area (TPSA) is 109 Å². The van der Waals surface area contributed by atoms with E-state index in [0.717, 1.165) is 0 Å². The number of carboxylic acid groups (broad SMARTS) is 1. The molecule has 8 heteroatoms. The van der Waals surface area contributed by atoms with Gasteiger partial charge in [-0.2, -0.15) is 0 Å². The molecule has 0 bridgehead atoms. The van der Waals surface area contributed by atoms with E-state index in [2.05, 4.69) is 10.6 Å². The fourth-order valence-electron chi connectivity index (χ4n) is 2.31. The number of halogens is 1. The first-order chi connectivity index (χ1) is 11.8. The second-order valence-electron chi connectivity index (χ2n) is 6.06. The summed E-state index contributed by atoms with van der Waals surface area (Å²) in [5.74, 6) is -2.11. The van der Waals surface area contributed by atoms with Crippen LogP contribution < -0.4 is 10.6 Å². The Morgan fingerprint density at radius 1 is 1.24 bits per heavy atom. The Bertz CT molecular complexity index is 799. The van der Waals surface area contributed by atoms with Crippen molar-refractivity contribution in [2.24, 2.45) is 5.92 Å². The van der Waals surface area contributed by atoms with Crippen molar-refractivity contribution in [3.8, 4) is 0 Å². The highest BCUT2D eigenvalue weighted by atomic mass is 35.5. The van der Waals surface area contributed by atoms with Crippen LogP contribution in [0, 0.1) is 5.92 Å². The van der Waals surface area contributed by atoms with Gasteiger partial charge in [0.2, 0.25) is 5.91 Å². The molecule has 0 fully saturated rings. The molecule has 0 aliphatic heterocycles. The summed E-state index contributed by atoms with van der Waals surface area (Å²) < 4.78 is 5.39. The van der Waals surface area contributed by atoms with Crippen LogP contribution in [0.2, 0.25) is 5.02 Å². The highest BCUT2D eigenvalue weighted by molar-refractivity contribution is 6.31. The molecule has 0 unspecified atom stereocenters. The van der Waals surface area contributed by atoms with E-state index >= 15 is 0 Å². The molecule has 134 valence electrons. The highest BCUT2D eigenvalue weighted by Gasteiger charge is 2.21. The molecule has 2 rings (SSSR count). The molecule has 0 saturated heterocycles. The number of fused-ring (bicyclic) bond motifs is 1. The van der Waals surface area contributed by atoms with Crippen molar-refractivity contribution in [3.63, 3.8) is 0 Å². The Kier molecular flexibility index (Phi) is 6.03. The van der Waals surface area contributed by atoms with E-state index in [1.807, 2.05) is 13.8 Å². The van der Waals surface area contributed by atoms with Crippen molar-refractivity contribution in [2.45, 2.75) is 26.3 Å². The van der Waals surface area contributed by atoms with Crippen molar-refractivity contribution >= 4 is 40.4 Å². The number of nitrogens with one attached hydrogen (secondary N) is 2. The van der Waals surface area contributed by atoms with E-state index < -0.39 is 23.8 Å². The van der Waals surface area contributed by atoms with Crippen LogP contribution in [-0.4, -0.2) is 35.5 Å². The number of carboxylic acids is 1. The monoisotopic (exact) mass is 366 g/mol. The second kappa shape index (κ2) is 8.02. The van der Waals surface area contributed by atoms with E-state index in [9.17, 15) is 14.4 Å². The first-order valence-electron chi connectivity index (χ1n) is 7.75. The van der Waals surface area contributed by atoms with Crippen molar-refractivity contribution in [3.05, 3.63) is 35.0 Å². The minimum atomic E-state index is -1.11. The van der Waals surface area contributed by atoms with Crippen LogP contribution in [0.3, 0.4) is 0 Å². The summed E-state index contributed by atoms with van der Waals surface area (Å²) in [5, 5.41) is 15.1. The number of carbonyl (C=O) groups excluding carboxylic acids is 2. The lowest BCUT2D eigenvalue weighted by Gasteiger charge is -2.16. The van der Waals surface area contributed by atoms with Crippen LogP contribution in [0.5, 0.6) is 0 Å². The Labute approximate surface area is 149 Å². The maximum Gasteiger partial charge on any atom is 0.326 e. The van der Waals surface area contributed by atoms with Gasteiger partial charge in [0.1, 0.15) is 11.6 Å². The van der Waals surface area contributed by atoms with Crippen molar-refractivity contribution in [2.75, 3.05) is 6.54 Å². The van der Waals surface area contributed by atoms with Crippen LogP contribution in [0.4, 0.5) is 0 Å². The lowest BCUT2D eigenvalue weighted by molar-refractivity contribution is -0.142. The summed E-state index contributed by atoms with van der Waals surface area (Å²) in [5.41, 5.74) is 0.502. The molecule has 2 amide bonds. The van der Waals surface area contributed by atoms with Gasteiger partial charge in [-0.25, -0.2) is 4.79 Å². The zero-order valence-electron chi connectivity index (χ0n) is 13.8. The predicted molar refractivity (Wildman–Crippen MR) is 92.6 cm³/mol. The number of rotatable bonds is 7. The minimum absolute atomic E-state index is 0.0435. The van der Waals surface area contributed by atoms with Gasteiger partial charge in [0.15, 0.2) is 5.76 Å². The normalized spacial score (nSPS) is 12.2. The number of hydrogen-bond acceptors (Lipinski definition) is 4. The van der Waals surface area contributed by atoms with Gasteiger partial charge in [-0.05, 0) is 36.6 Å². The third-order valence-electron chi connectivity index (χ3n) is 3.45. The fourth-order valence-corrected chi connectivity index (χ4v) is 2.49. The molecule has 1 aromatic heterocycles. The van der Waals surface area contributed by atoms with Gasteiger partial charge in [-0.1, -0.05) is 25.4 Å². The van der Waals surface area contributed by atoms with E-state index in [0.29, 0.717) is 22.4 Å². The molecule has 0 aliphatic rings. The van der Waals surface area contributed by atoms with Crippen LogP contribution in [0.25, 0.3) is 11.0 Å². The summed E-state index contributed by atoms with van der Waals surface area (Å²) in [7, 11) is 0. The number of amides is 2. The predicted octanol–water partition coefficient (Wildman–Crippen LogP) is 2.43. The molecular formula is C17H19ClN2O5. The SMILES string of the molecule is CC(C)C[C@H](NC(=O)CNC(=O)c1cc2cc(Cl)ccc2o1)C(=O)O. The molecule has 0 aliphatic carbocycles. The van der Waals surface area contributed by atoms with Crippen molar-refractivity contribution < 1.29 is 23.9 Å². The van der Waals surface area contributed by atoms with Crippen LogP contribution in [0.15, 0.2) is 28.7 Å². The van der Waals surface area contributed by atoms with Gasteiger partial charge in [-0.3, -0.25) is 9.59 Å². The molecule has 3 N–H and O–H groups in total. The molecule has 0 radical (unpaired) electrons. The lowest BCUT2D eigenvalue weighted by Crippen LogP contribution is -2.46. The van der Waals surface area contributed by atoms with Gasteiger partial charge in [-0.15, -0.1) is 0 Å². The number of benzene rings is 1. The summed E-state index contributed by atoms with van der Waals surface area (Å²) >= 11 is 5.88. The van der Waals surface area contributed by atoms with Crippen molar-refractivity contribution in [1.29, 1.82) is 0 Å². The van der Waals surface area contributed by atoms with Gasteiger partial charge in [0.25, 0.3) is 5.91 Å². The lowest BCUT2D eigenvalue weighted by atomic mass is 10.0. The zero-order valence-corrected chi connectivity index (χ0v) is 14.6. The molecule has 1 atom stereocenters. The molecular weight excluding hydrogens is 348 g/mol. The standard InChI is InChI=1S/C17H19ClN2O5/c1-9(2)5-12(17(23)24)20-15(21)8-19-16(22)14-7-10-6-11(18)3-4-13(10)25-14/h3-4,6-7,9,12H,5,8H2,1-2H3,(H,19,22)(H,20,21)(H,23,24)/t12-/m0/s1. The molecule has 2 aromatic rings. The Balaban J connectivity index is 1.93. The number of hydrogen-bond donors (Lipinski definition) is 3. The molecule has 1 aromatic carbocycles. The van der Waals surface area contributed by atoms with E-state index in [1.165, 1.54) is 6.07 Å². The molecule has 0 spiro atoms. The molecule has 7 nitrogen and oxygen atoms in total. The average Bonchev–Trinajstić information content (AvgIpc) is 2.94. The first kappa shape index (κ1) is 18.8. The minimum Gasteiger partial charge on any atom is -0.480 e. The zero-order chi connectivity index (χ0) is 18.6. The Hall–Kier alpha value is -2.54. The fraction of sp³-hybridized carbons (Fsp3) is 0.353. The average molecular weight is 367 g/mol. The van der Waals surface area contributed by atoms with E-state index in [-0.39, 0.29) is 18.2 Å². The Morgan fingerprint density at radius 2 is 1.96 bits per heavy atom. The maximum atomic E-state index is 12.1. The van der Waals surface area contributed by atoms with Crippen LogP contribution in [0.1, 0.15) is 30.8 Å². The van der Waals surface area contributed by atoms with Gasteiger partial charge < -0.3 is 20.2 Å². The summed E-state index contributed by atoms with van der Waals surface area (Å²) in [6.07, 6.45) is 0.305. The first-order valence-corrected chi connectivity index (χ1v) is 8.13. The second-order valence-corrected chi connectivity index (χ2v) is 6.50. The number of carbonyl (C=O) groups is 3.